The average Bonchev–Trinajstić information content (AvgIpc) is 2.24. The highest BCUT2D eigenvalue weighted by atomic mass is 35.5. The Kier molecular flexibility index (Phi) is 5.30. The highest BCUT2D eigenvalue weighted by Gasteiger charge is 2.12. The molecule has 2 heteroatoms. The number of rotatable bonds is 5. The van der Waals surface area contributed by atoms with Crippen molar-refractivity contribution < 1.29 is 0 Å². The van der Waals surface area contributed by atoms with Crippen LogP contribution in [0.2, 0.25) is 5.02 Å². The Morgan fingerprint density at radius 3 is 2.31 bits per heavy atom. The molecule has 0 spiro atoms. The van der Waals surface area contributed by atoms with Crippen LogP contribution < -0.4 is 5.73 Å². The van der Waals surface area contributed by atoms with Crippen molar-refractivity contribution in [2.45, 2.75) is 46.1 Å². The molecular weight excluding hydrogens is 218 g/mol. The summed E-state index contributed by atoms with van der Waals surface area (Å²) in [6, 6.07) is 6.21. The molecule has 1 nitrogen and oxygen atoms in total. The molecule has 0 fully saturated rings. The number of halogens is 1. The van der Waals surface area contributed by atoms with Crippen molar-refractivity contribution in [2.75, 3.05) is 0 Å². The fraction of sp³-hybridized carbons (Fsp3) is 0.571. The molecule has 1 atom stereocenters. The molecule has 0 aliphatic rings. The maximum absolute atomic E-state index is 6.23. The number of nitrogens with two attached hydrogens (primary N) is 1. The van der Waals surface area contributed by atoms with Crippen molar-refractivity contribution in [3.63, 3.8) is 0 Å². The minimum atomic E-state index is 0.113. The lowest BCUT2D eigenvalue weighted by Crippen LogP contribution is -2.15. The van der Waals surface area contributed by atoms with Crippen LogP contribution in [0.25, 0.3) is 0 Å². The van der Waals surface area contributed by atoms with Crippen LogP contribution in [0.4, 0.5) is 0 Å². The molecule has 0 aliphatic heterocycles. The molecule has 0 saturated heterocycles. The van der Waals surface area contributed by atoms with Crippen molar-refractivity contribution >= 4 is 11.6 Å². The largest absolute Gasteiger partial charge is 0.324 e. The Morgan fingerprint density at radius 1 is 1.19 bits per heavy atom. The van der Waals surface area contributed by atoms with Gasteiger partial charge in [0.05, 0.1) is 0 Å². The summed E-state index contributed by atoms with van der Waals surface area (Å²) in [5.41, 5.74) is 8.57. The van der Waals surface area contributed by atoms with Crippen molar-refractivity contribution in [2.24, 2.45) is 11.7 Å². The van der Waals surface area contributed by atoms with E-state index in [1.54, 1.807) is 0 Å². The first kappa shape index (κ1) is 13.5. The Labute approximate surface area is 104 Å². The lowest BCUT2D eigenvalue weighted by molar-refractivity contribution is 0.414. The zero-order chi connectivity index (χ0) is 12.1. The molecule has 1 aromatic carbocycles. The van der Waals surface area contributed by atoms with Crippen molar-refractivity contribution in [3.05, 3.63) is 34.3 Å². The lowest BCUT2D eigenvalue weighted by Gasteiger charge is -2.19. The Bertz CT molecular complexity index is 311. The summed E-state index contributed by atoms with van der Waals surface area (Å²) in [4.78, 5) is 0. The molecule has 0 saturated carbocycles. The molecule has 2 N–H and O–H groups in total. The van der Waals surface area contributed by atoms with Crippen LogP contribution in [0.1, 0.15) is 50.3 Å². The molecular formula is C14H22ClN. The van der Waals surface area contributed by atoms with Gasteiger partial charge in [-0.2, -0.15) is 0 Å². The lowest BCUT2D eigenvalue weighted by atomic mass is 9.91. The van der Waals surface area contributed by atoms with Crippen LogP contribution in [0, 0.1) is 12.8 Å². The van der Waals surface area contributed by atoms with Gasteiger partial charge in [0.25, 0.3) is 0 Å². The molecule has 0 amide bonds. The average molecular weight is 240 g/mol. The minimum Gasteiger partial charge on any atom is -0.324 e. The maximum atomic E-state index is 6.23. The van der Waals surface area contributed by atoms with E-state index in [9.17, 15) is 0 Å². The van der Waals surface area contributed by atoms with Crippen molar-refractivity contribution in [3.8, 4) is 0 Å². The first-order valence-electron chi connectivity index (χ1n) is 6.09. The summed E-state index contributed by atoms with van der Waals surface area (Å²) in [6.07, 6.45) is 3.44. The first-order chi connectivity index (χ1) is 7.56. The fourth-order valence-corrected chi connectivity index (χ4v) is 2.39. The molecule has 0 aliphatic carbocycles. The smallest absolute Gasteiger partial charge is 0.0411 e. The number of benzene rings is 1. The van der Waals surface area contributed by atoms with Gasteiger partial charge >= 0.3 is 0 Å². The Hall–Kier alpha value is -0.530. The van der Waals surface area contributed by atoms with E-state index in [1.165, 1.54) is 18.4 Å². The third-order valence-corrected chi connectivity index (χ3v) is 3.45. The maximum Gasteiger partial charge on any atom is 0.0411 e. The van der Waals surface area contributed by atoms with Crippen LogP contribution in [-0.2, 0) is 0 Å². The summed E-state index contributed by atoms with van der Waals surface area (Å²) in [7, 11) is 0. The molecule has 0 aromatic heterocycles. The predicted molar refractivity (Wildman–Crippen MR) is 71.8 cm³/mol. The molecule has 0 heterocycles. The van der Waals surface area contributed by atoms with Gasteiger partial charge in [0.2, 0.25) is 0 Å². The van der Waals surface area contributed by atoms with Crippen molar-refractivity contribution in [1.82, 2.24) is 0 Å². The second kappa shape index (κ2) is 6.27. The first-order valence-corrected chi connectivity index (χ1v) is 6.47. The zero-order valence-electron chi connectivity index (χ0n) is 10.5. The summed E-state index contributed by atoms with van der Waals surface area (Å²) >= 11 is 6.04. The van der Waals surface area contributed by atoms with Gasteiger partial charge in [-0.05, 0) is 42.5 Å². The number of hydrogen-bond acceptors (Lipinski definition) is 1. The van der Waals surface area contributed by atoms with E-state index < -0.39 is 0 Å². The van der Waals surface area contributed by atoms with Crippen molar-refractivity contribution in [1.29, 1.82) is 0 Å². The van der Waals surface area contributed by atoms with Crippen LogP contribution >= 0.6 is 11.6 Å². The van der Waals surface area contributed by atoms with Gasteiger partial charge in [-0.1, -0.05) is 44.4 Å². The van der Waals surface area contributed by atoms with E-state index in [2.05, 4.69) is 26.8 Å². The third-order valence-electron chi connectivity index (χ3n) is 3.23. The van der Waals surface area contributed by atoms with Gasteiger partial charge in [0, 0.05) is 11.1 Å². The van der Waals surface area contributed by atoms with Crippen LogP contribution in [0.15, 0.2) is 18.2 Å². The van der Waals surface area contributed by atoms with E-state index in [0.717, 1.165) is 17.0 Å². The van der Waals surface area contributed by atoms with Gasteiger partial charge in [-0.25, -0.2) is 0 Å². The normalized spacial score (nSPS) is 13.1. The van der Waals surface area contributed by atoms with Crippen LogP contribution in [-0.4, -0.2) is 0 Å². The molecule has 1 rings (SSSR count). The van der Waals surface area contributed by atoms with E-state index in [1.807, 2.05) is 12.1 Å². The van der Waals surface area contributed by atoms with Gasteiger partial charge in [0.15, 0.2) is 0 Å². The van der Waals surface area contributed by atoms with E-state index in [0.29, 0.717) is 5.92 Å². The van der Waals surface area contributed by atoms with Gasteiger partial charge in [-0.15, -0.1) is 0 Å². The number of aryl methyl sites for hydroxylation is 1. The zero-order valence-corrected chi connectivity index (χ0v) is 11.2. The standard InChI is InChI=1S/C14H22ClN/c1-4-11(5-2)8-14(16)12-6-10(3)7-13(15)9-12/h6-7,9,11,14H,4-5,8,16H2,1-3H3. The summed E-state index contributed by atoms with van der Waals surface area (Å²) in [6.45, 7) is 6.51. The van der Waals surface area contributed by atoms with E-state index in [4.69, 9.17) is 17.3 Å². The van der Waals surface area contributed by atoms with Gasteiger partial charge in [-0.3, -0.25) is 0 Å². The van der Waals surface area contributed by atoms with Gasteiger partial charge < -0.3 is 5.73 Å². The highest BCUT2D eigenvalue weighted by Crippen LogP contribution is 2.26. The molecule has 90 valence electrons. The molecule has 0 radical (unpaired) electrons. The summed E-state index contributed by atoms with van der Waals surface area (Å²) in [5.74, 6) is 0.717. The number of hydrogen-bond donors (Lipinski definition) is 1. The quantitative estimate of drug-likeness (QED) is 0.806. The summed E-state index contributed by atoms with van der Waals surface area (Å²) < 4.78 is 0. The molecule has 16 heavy (non-hydrogen) atoms. The van der Waals surface area contributed by atoms with E-state index >= 15 is 0 Å². The summed E-state index contributed by atoms with van der Waals surface area (Å²) in [5, 5.41) is 0.787. The minimum absolute atomic E-state index is 0.113. The Morgan fingerprint density at radius 2 is 1.81 bits per heavy atom. The topological polar surface area (TPSA) is 26.0 Å². The monoisotopic (exact) mass is 239 g/mol. The molecule has 1 aromatic rings. The van der Waals surface area contributed by atoms with Crippen LogP contribution in [0.5, 0.6) is 0 Å². The second-order valence-electron chi connectivity index (χ2n) is 4.59. The highest BCUT2D eigenvalue weighted by molar-refractivity contribution is 6.30. The van der Waals surface area contributed by atoms with Gasteiger partial charge in [0.1, 0.15) is 0 Å². The van der Waals surface area contributed by atoms with E-state index in [-0.39, 0.29) is 6.04 Å². The third kappa shape index (κ3) is 3.80. The molecule has 1 unspecified atom stereocenters. The second-order valence-corrected chi connectivity index (χ2v) is 5.02. The molecule has 0 bridgehead atoms. The fourth-order valence-electron chi connectivity index (χ4n) is 2.10. The van der Waals surface area contributed by atoms with Crippen LogP contribution in [0.3, 0.4) is 0 Å². The Balaban J connectivity index is 2.75. The SMILES string of the molecule is CCC(CC)CC(N)c1cc(C)cc(Cl)c1. The predicted octanol–water partition coefficient (Wildman–Crippen LogP) is 4.47.